The van der Waals surface area contributed by atoms with E-state index < -0.39 is 10.0 Å². The molecule has 0 aliphatic heterocycles. The summed E-state index contributed by atoms with van der Waals surface area (Å²) in [4.78, 5) is 4.49. The lowest BCUT2D eigenvalue weighted by molar-refractivity contribution is 0.251. The molecule has 1 aliphatic rings. The van der Waals surface area contributed by atoms with E-state index in [2.05, 4.69) is 9.71 Å². The highest BCUT2D eigenvalue weighted by Gasteiger charge is 2.34. The van der Waals surface area contributed by atoms with Crippen molar-refractivity contribution < 1.29 is 8.42 Å². The van der Waals surface area contributed by atoms with Crippen LogP contribution in [0.4, 0.5) is 0 Å². The lowest BCUT2D eigenvalue weighted by Gasteiger charge is -2.38. The molecular weight excluding hydrogens is 286 g/mol. The second kappa shape index (κ2) is 5.05. The molecule has 0 spiro atoms. The molecule has 1 aromatic carbocycles. The third kappa shape index (κ3) is 2.79. The maximum atomic E-state index is 12.5. The number of nitrogens with one attached hydrogen (secondary N) is 1. The number of para-hydroxylation sites is 1. The van der Waals surface area contributed by atoms with Gasteiger partial charge in [0.25, 0.3) is 0 Å². The van der Waals surface area contributed by atoms with Crippen molar-refractivity contribution in [2.45, 2.75) is 36.6 Å². The molecule has 1 fully saturated rings. The highest BCUT2D eigenvalue weighted by molar-refractivity contribution is 7.89. The number of sulfonamides is 1. The van der Waals surface area contributed by atoms with Gasteiger partial charge in [0.1, 0.15) is 4.90 Å². The molecule has 1 heterocycles. The lowest BCUT2D eigenvalue weighted by atomic mass is 9.78. The van der Waals surface area contributed by atoms with Gasteiger partial charge in [0.2, 0.25) is 10.0 Å². The van der Waals surface area contributed by atoms with Crippen LogP contribution in [0.2, 0.25) is 0 Å². The maximum absolute atomic E-state index is 12.5. The van der Waals surface area contributed by atoms with Crippen LogP contribution < -0.4 is 10.5 Å². The zero-order valence-electron chi connectivity index (χ0n) is 12.0. The second-order valence-electron chi connectivity index (χ2n) is 5.88. The Labute approximate surface area is 124 Å². The molecule has 1 saturated carbocycles. The van der Waals surface area contributed by atoms with E-state index in [0.717, 1.165) is 30.2 Å². The first-order valence-corrected chi connectivity index (χ1v) is 8.52. The van der Waals surface area contributed by atoms with Crippen LogP contribution in [0.15, 0.2) is 35.4 Å². The topological polar surface area (TPSA) is 85.1 Å². The second-order valence-corrected chi connectivity index (χ2v) is 7.62. The highest BCUT2D eigenvalue weighted by Crippen LogP contribution is 2.29. The smallest absolute Gasteiger partial charge is 0.242 e. The van der Waals surface area contributed by atoms with Crippen LogP contribution in [0.5, 0.6) is 0 Å². The van der Waals surface area contributed by atoms with Gasteiger partial charge < -0.3 is 5.73 Å². The normalized spacial score (nSPS) is 17.6. The molecule has 5 nitrogen and oxygen atoms in total. The van der Waals surface area contributed by atoms with E-state index in [9.17, 15) is 8.42 Å². The molecule has 2 aromatic rings. The number of aromatic nitrogens is 1. The summed E-state index contributed by atoms with van der Waals surface area (Å²) in [5, 5.41) is 0.823. The maximum Gasteiger partial charge on any atom is 0.242 e. The van der Waals surface area contributed by atoms with E-state index >= 15 is 0 Å². The lowest BCUT2D eigenvalue weighted by Crippen LogP contribution is -2.54. The van der Waals surface area contributed by atoms with Gasteiger partial charge in [-0.2, -0.15) is 0 Å². The fraction of sp³-hybridized carbons (Fsp3) is 0.400. The molecular formula is C15H19N3O2S. The number of benzene rings is 1. The first-order chi connectivity index (χ1) is 9.90. The van der Waals surface area contributed by atoms with Crippen LogP contribution in [0.3, 0.4) is 0 Å². The van der Waals surface area contributed by atoms with Crippen molar-refractivity contribution in [1.29, 1.82) is 0 Å². The van der Waals surface area contributed by atoms with Gasteiger partial charge in [0, 0.05) is 23.7 Å². The Morgan fingerprint density at radius 2 is 2.14 bits per heavy atom. The van der Waals surface area contributed by atoms with Crippen LogP contribution in [-0.2, 0) is 10.0 Å². The first kappa shape index (κ1) is 14.4. The molecule has 0 amide bonds. The summed E-state index contributed by atoms with van der Waals surface area (Å²) >= 11 is 0. The van der Waals surface area contributed by atoms with Gasteiger partial charge in [0.15, 0.2) is 0 Å². The molecule has 21 heavy (non-hydrogen) atoms. The minimum Gasteiger partial charge on any atom is -0.324 e. The van der Waals surface area contributed by atoms with E-state index in [1.807, 2.05) is 19.1 Å². The zero-order valence-corrected chi connectivity index (χ0v) is 12.8. The Kier molecular flexibility index (Phi) is 3.47. The monoisotopic (exact) mass is 305 g/mol. The zero-order chi connectivity index (χ0) is 15.1. The summed E-state index contributed by atoms with van der Waals surface area (Å²) < 4.78 is 27.7. The van der Waals surface area contributed by atoms with Crippen molar-refractivity contribution in [2.24, 2.45) is 5.73 Å². The number of fused-ring (bicyclic) bond motifs is 1. The Morgan fingerprint density at radius 3 is 2.81 bits per heavy atom. The van der Waals surface area contributed by atoms with Crippen molar-refractivity contribution in [3.63, 3.8) is 0 Å². The SMILES string of the molecule is Cc1cnc2c(S(=O)(=O)NCC3(N)CCC3)cccc2c1. The highest BCUT2D eigenvalue weighted by atomic mass is 32.2. The Morgan fingerprint density at radius 1 is 1.38 bits per heavy atom. The van der Waals surface area contributed by atoms with Gasteiger partial charge in [-0.25, -0.2) is 13.1 Å². The number of nitrogens with zero attached hydrogens (tertiary/aromatic N) is 1. The molecule has 1 aromatic heterocycles. The molecule has 3 N–H and O–H groups in total. The third-order valence-electron chi connectivity index (χ3n) is 4.06. The largest absolute Gasteiger partial charge is 0.324 e. The predicted octanol–water partition coefficient (Wildman–Crippen LogP) is 1.70. The molecule has 112 valence electrons. The molecule has 0 bridgehead atoms. The van der Waals surface area contributed by atoms with Gasteiger partial charge >= 0.3 is 0 Å². The minimum absolute atomic E-state index is 0.211. The Hall–Kier alpha value is -1.50. The fourth-order valence-corrected chi connectivity index (χ4v) is 3.90. The van der Waals surface area contributed by atoms with Crippen molar-refractivity contribution >= 4 is 20.9 Å². The summed E-state index contributed by atoms with van der Waals surface area (Å²) in [5.41, 5.74) is 7.19. The van der Waals surface area contributed by atoms with Gasteiger partial charge in [0.05, 0.1) is 5.52 Å². The van der Waals surface area contributed by atoms with E-state index in [0.29, 0.717) is 5.52 Å². The van der Waals surface area contributed by atoms with E-state index in [-0.39, 0.29) is 17.0 Å². The number of aryl methyl sites for hydroxylation is 1. The Balaban J connectivity index is 1.95. The number of hydrogen-bond acceptors (Lipinski definition) is 4. The molecule has 0 atom stereocenters. The van der Waals surface area contributed by atoms with E-state index in [1.54, 1.807) is 18.3 Å². The van der Waals surface area contributed by atoms with Crippen molar-refractivity contribution in [2.75, 3.05) is 6.54 Å². The number of pyridine rings is 1. The van der Waals surface area contributed by atoms with Crippen LogP contribution in [0, 0.1) is 6.92 Å². The number of hydrogen-bond donors (Lipinski definition) is 2. The van der Waals surface area contributed by atoms with E-state index in [4.69, 9.17) is 5.73 Å². The van der Waals surface area contributed by atoms with Crippen molar-refractivity contribution in [3.05, 3.63) is 36.0 Å². The third-order valence-corrected chi connectivity index (χ3v) is 5.50. The van der Waals surface area contributed by atoms with Gasteiger partial charge in [-0.1, -0.05) is 12.1 Å². The van der Waals surface area contributed by atoms with Crippen LogP contribution in [0.1, 0.15) is 24.8 Å². The predicted molar refractivity (Wildman–Crippen MR) is 82.4 cm³/mol. The van der Waals surface area contributed by atoms with Gasteiger partial charge in [-0.3, -0.25) is 4.98 Å². The van der Waals surface area contributed by atoms with Crippen molar-refractivity contribution in [3.8, 4) is 0 Å². The molecule has 3 rings (SSSR count). The first-order valence-electron chi connectivity index (χ1n) is 7.04. The van der Waals surface area contributed by atoms with Gasteiger partial charge in [-0.15, -0.1) is 0 Å². The minimum atomic E-state index is -3.60. The summed E-state index contributed by atoms with van der Waals surface area (Å²) in [5.74, 6) is 0. The molecule has 6 heteroatoms. The van der Waals surface area contributed by atoms with Crippen LogP contribution >= 0.6 is 0 Å². The molecule has 0 radical (unpaired) electrons. The number of nitrogens with two attached hydrogens (primary N) is 1. The average Bonchev–Trinajstić information content (AvgIpc) is 2.42. The van der Waals surface area contributed by atoms with Crippen LogP contribution in [0.25, 0.3) is 10.9 Å². The van der Waals surface area contributed by atoms with Crippen molar-refractivity contribution in [1.82, 2.24) is 9.71 Å². The van der Waals surface area contributed by atoms with Gasteiger partial charge in [-0.05, 0) is 43.9 Å². The fourth-order valence-electron chi connectivity index (χ4n) is 2.58. The summed E-state index contributed by atoms with van der Waals surface area (Å²) in [6, 6.07) is 7.11. The van der Waals surface area contributed by atoms with Crippen LogP contribution in [-0.4, -0.2) is 25.5 Å². The standard InChI is InChI=1S/C15H19N3O2S/c1-11-8-12-4-2-5-13(14(12)17-9-11)21(19,20)18-10-15(16)6-3-7-15/h2,4-5,8-9,18H,3,6-7,10,16H2,1H3. The number of rotatable bonds is 4. The van der Waals surface area contributed by atoms with E-state index in [1.165, 1.54) is 0 Å². The summed E-state index contributed by atoms with van der Waals surface area (Å²) in [6.07, 6.45) is 4.47. The summed E-state index contributed by atoms with van der Waals surface area (Å²) in [7, 11) is -3.60. The molecule has 0 unspecified atom stereocenters. The quantitative estimate of drug-likeness (QED) is 0.900. The molecule has 0 saturated heterocycles. The Bertz CT molecular complexity index is 783. The summed E-state index contributed by atoms with van der Waals surface area (Å²) in [6.45, 7) is 2.21. The average molecular weight is 305 g/mol. The molecule has 1 aliphatic carbocycles.